The first-order chi connectivity index (χ1) is 20.1. The summed E-state index contributed by atoms with van der Waals surface area (Å²) in [4.78, 5) is 22.3. The summed E-state index contributed by atoms with van der Waals surface area (Å²) in [6.07, 6.45) is 6.34. The predicted octanol–water partition coefficient (Wildman–Crippen LogP) is 2.58. The van der Waals surface area contributed by atoms with Gasteiger partial charge in [0.25, 0.3) is 0 Å². The Balaban J connectivity index is 1.50. The maximum absolute atomic E-state index is 13.5. The van der Waals surface area contributed by atoms with Gasteiger partial charge in [-0.15, -0.1) is 0 Å². The van der Waals surface area contributed by atoms with Crippen LogP contribution in [-0.2, 0) is 23.2 Å². The Morgan fingerprint density at radius 2 is 1.98 bits per heavy atom. The molecule has 3 aliphatic rings. The smallest absolute Gasteiger partial charge is 0.237 e. The third-order valence-electron chi connectivity index (χ3n) is 8.11. The van der Waals surface area contributed by atoms with E-state index in [1.165, 1.54) is 0 Å². The molecule has 12 heteroatoms. The number of H-pyrrole nitrogens is 1. The van der Waals surface area contributed by atoms with Crippen molar-refractivity contribution in [2.24, 2.45) is 7.05 Å². The SMILES string of the molecule is Cc1nc2cc3c([nH]nc13)/C=C/C1=C(CN(C(=O)CN(C)C)C[C@H](C)Oc3c-2c(COC2CC2)nn3C)N(C)N(C)C1. The van der Waals surface area contributed by atoms with Gasteiger partial charge in [0.05, 0.1) is 60.7 Å². The molecular weight excluding hydrogens is 534 g/mol. The van der Waals surface area contributed by atoms with Crippen LogP contribution in [0, 0.1) is 6.92 Å². The monoisotopic (exact) mass is 575 g/mol. The van der Waals surface area contributed by atoms with E-state index in [2.05, 4.69) is 45.5 Å². The lowest BCUT2D eigenvalue weighted by Gasteiger charge is -2.31. The van der Waals surface area contributed by atoms with Gasteiger partial charge in [-0.1, -0.05) is 6.08 Å². The van der Waals surface area contributed by atoms with E-state index in [0.29, 0.717) is 32.1 Å². The lowest BCUT2D eigenvalue weighted by molar-refractivity contribution is -0.132. The van der Waals surface area contributed by atoms with Crippen molar-refractivity contribution in [3.05, 3.63) is 40.5 Å². The number of hydrazine groups is 1. The molecule has 0 aromatic carbocycles. The molecule has 3 aromatic heterocycles. The molecule has 1 amide bonds. The van der Waals surface area contributed by atoms with Crippen LogP contribution < -0.4 is 4.74 Å². The number of rotatable bonds is 5. The zero-order chi connectivity index (χ0) is 29.7. The highest BCUT2D eigenvalue weighted by Crippen LogP contribution is 2.37. The summed E-state index contributed by atoms with van der Waals surface area (Å²) in [6.45, 7) is 6.29. The van der Waals surface area contributed by atoms with Gasteiger partial charge in [-0.05, 0) is 58.5 Å². The predicted molar refractivity (Wildman–Crippen MR) is 160 cm³/mol. The van der Waals surface area contributed by atoms with E-state index in [0.717, 1.165) is 69.9 Å². The minimum Gasteiger partial charge on any atom is -0.472 e. The number of likely N-dealkylation sites (N-methyl/N-ethyl adjacent to an activating group) is 3. The van der Waals surface area contributed by atoms with Gasteiger partial charge in [0, 0.05) is 33.1 Å². The maximum atomic E-state index is 13.5. The standard InChI is InChI=1S/C30H41N9O3/c1-18-13-39(27(40)16-35(3)4)15-26-20(14-36(5)38(26)7)8-11-23-22-12-24(31-19(2)29(22)33-32-23)28-25(17-41-21-9-10-21)34-37(6)30(28)42-18/h8,11-12,18,21H,9-10,13-17H2,1-7H3,(H,32,33)/b11-8+/t18-/m0/s1. The molecule has 224 valence electrons. The summed E-state index contributed by atoms with van der Waals surface area (Å²) in [5.74, 6) is 0.651. The van der Waals surface area contributed by atoms with Gasteiger partial charge >= 0.3 is 0 Å². The summed E-state index contributed by atoms with van der Waals surface area (Å²) >= 11 is 0. The van der Waals surface area contributed by atoms with Crippen molar-refractivity contribution in [1.82, 2.24) is 44.8 Å². The second-order valence-corrected chi connectivity index (χ2v) is 12.0. The number of aromatic amines is 1. The fourth-order valence-corrected chi connectivity index (χ4v) is 5.67. The minimum atomic E-state index is -0.314. The number of carbonyl (C=O) groups is 1. The van der Waals surface area contributed by atoms with Crippen LogP contribution in [0.2, 0.25) is 0 Å². The van der Waals surface area contributed by atoms with E-state index < -0.39 is 0 Å². The molecule has 1 saturated carbocycles. The fraction of sp³-hybridized carbons (Fsp3) is 0.533. The Bertz CT molecular complexity index is 1570. The molecular formula is C30H41N9O3. The molecule has 6 rings (SSSR count). The average molecular weight is 576 g/mol. The third-order valence-corrected chi connectivity index (χ3v) is 8.11. The number of aromatic nitrogens is 5. The quantitative estimate of drug-likeness (QED) is 0.491. The second-order valence-electron chi connectivity index (χ2n) is 12.0. The van der Waals surface area contributed by atoms with Crippen LogP contribution >= 0.6 is 0 Å². The van der Waals surface area contributed by atoms with E-state index in [9.17, 15) is 4.79 Å². The van der Waals surface area contributed by atoms with Crippen LogP contribution in [0.4, 0.5) is 0 Å². The molecule has 2 bridgehead atoms. The number of pyridine rings is 1. The van der Waals surface area contributed by atoms with E-state index in [4.69, 9.17) is 19.6 Å². The van der Waals surface area contributed by atoms with Crippen molar-refractivity contribution in [2.75, 3.05) is 54.4 Å². The molecule has 0 unspecified atom stereocenters. The van der Waals surface area contributed by atoms with Crippen LogP contribution in [0.25, 0.3) is 28.2 Å². The number of nitrogens with one attached hydrogen (secondary N) is 1. The molecule has 2 aliphatic heterocycles. The van der Waals surface area contributed by atoms with Crippen molar-refractivity contribution < 1.29 is 14.3 Å². The fourth-order valence-electron chi connectivity index (χ4n) is 5.67. The largest absolute Gasteiger partial charge is 0.472 e. The number of aryl methyl sites for hydroxylation is 2. The molecule has 0 saturated heterocycles. The summed E-state index contributed by atoms with van der Waals surface area (Å²) in [5.41, 5.74) is 7.12. The Kier molecular flexibility index (Phi) is 7.54. The van der Waals surface area contributed by atoms with Gasteiger partial charge in [0.1, 0.15) is 17.3 Å². The molecule has 1 atom stereocenters. The van der Waals surface area contributed by atoms with E-state index in [1.54, 1.807) is 4.68 Å². The molecule has 5 heterocycles. The number of ether oxygens (including phenoxy) is 2. The van der Waals surface area contributed by atoms with Crippen LogP contribution in [-0.4, -0.2) is 117 Å². The highest BCUT2D eigenvalue weighted by atomic mass is 16.5. The van der Waals surface area contributed by atoms with Crippen molar-refractivity contribution in [2.45, 2.75) is 45.5 Å². The van der Waals surface area contributed by atoms with E-state index >= 15 is 0 Å². The molecule has 42 heavy (non-hydrogen) atoms. The molecule has 0 spiro atoms. The van der Waals surface area contributed by atoms with Crippen molar-refractivity contribution in [3.63, 3.8) is 0 Å². The number of carbonyl (C=O) groups excluding carboxylic acids is 1. The van der Waals surface area contributed by atoms with Crippen LogP contribution in [0.5, 0.6) is 5.88 Å². The number of hydrogen-bond acceptors (Lipinski definition) is 9. The van der Waals surface area contributed by atoms with Crippen LogP contribution in [0.1, 0.15) is 36.8 Å². The summed E-state index contributed by atoms with van der Waals surface area (Å²) < 4.78 is 14.5. The van der Waals surface area contributed by atoms with Gasteiger partial charge in [-0.25, -0.2) is 9.69 Å². The Labute approximate surface area is 246 Å². The topological polar surface area (TPSA) is 108 Å². The Morgan fingerprint density at radius 1 is 1.19 bits per heavy atom. The molecule has 1 fully saturated rings. The average Bonchev–Trinajstić information content (AvgIpc) is 3.51. The summed E-state index contributed by atoms with van der Waals surface area (Å²) in [5, 5.41) is 17.9. The molecule has 12 nitrogen and oxygen atoms in total. The lowest BCUT2D eigenvalue weighted by Crippen LogP contribution is -2.45. The summed E-state index contributed by atoms with van der Waals surface area (Å²) in [7, 11) is 9.80. The van der Waals surface area contributed by atoms with Gasteiger partial charge in [0.15, 0.2) is 0 Å². The van der Waals surface area contributed by atoms with E-state index in [1.807, 2.05) is 51.8 Å². The summed E-state index contributed by atoms with van der Waals surface area (Å²) in [6, 6.07) is 2.06. The first kappa shape index (κ1) is 28.4. The van der Waals surface area contributed by atoms with Crippen molar-refractivity contribution >= 4 is 22.9 Å². The lowest BCUT2D eigenvalue weighted by atomic mass is 10.1. The van der Waals surface area contributed by atoms with Gasteiger partial charge in [-0.2, -0.15) is 10.2 Å². The third kappa shape index (κ3) is 5.53. The molecule has 0 radical (unpaired) electrons. The maximum Gasteiger partial charge on any atom is 0.237 e. The number of hydrogen-bond donors (Lipinski definition) is 1. The minimum absolute atomic E-state index is 0.0431. The van der Waals surface area contributed by atoms with Crippen molar-refractivity contribution in [3.8, 4) is 17.1 Å². The van der Waals surface area contributed by atoms with Crippen molar-refractivity contribution in [1.29, 1.82) is 0 Å². The van der Waals surface area contributed by atoms with Gasteiger partial charge in [-0.3, -0.25) is 14.9 Å². The number of amides is 1. The number of nitrogens with zero attached hydrogens (tertiary/aromatic N) is 8. The highest BCUT2D eigenvalue weighted by molar-refractivity contribution is 5.91. The Morgan fingerprint density at radius 3 is 2.71 bits per heavy atom. The first-order valence-electron chi connectivity index (χ1n) is 14.6. The van der Waals surface area contributed by atoms with Crippen LogP contribution in [0.15, 0.2) is 23.4 Å². The normalized spacial score (nSPS) is 20.6. The first-order valence-corrected chi connectivity index (χ1v) is 14.6. The highest BCUT2D eigenvalue weighted by Gasteiger charge is 2.30. The number of fused-ring (bicyclic) bond motifs is 3. The molecule has 1 N–H and O–H groups in total. The Hall–Kier alpha value is -3.74. The van der Waals surface area contributed by atoms with Gasteiger partial charge < -0.3 is 24.3 Å². The molecule has 3 aromatic rings. The zero-order valence-corrected chi connectivity index (χ0v) is 25.6. The van der Waals surface area contributed by atoms with Gasteiger partial charge in [0.2, 0.25) is 11.8 Å². The van der Waals surface area contributed by atoms with E-state index in [-0.39, 0.29) is 18.1 Å². The van der Waals surface area contributed by atoms with Crippen LogP contribution in [0.3, 0.4) is 0 Å². The molecule has 1 aliphatic carbocycles. The second kappa shape index (κ2) is 11.2. The zero-order valence-electron chi connectivity index (χ0n) is 25.6.